The van der Waals surface area contributed by atoms with Crippen molar-refractivity contribution in [3.8, 4) is 5.75 Å². The maximum absolute atomic E-state index is 5.40. The smallest absolute Gasteiger partial charge is 0.123 e. The van der Waals surface area contributed by atoms with Gasteiger partial charge in [-0.3, -0.25) is 4.98 Å². The molecule has 112 valence electrons. The van der Waals surface area contributed by atoms with E-state index in [4.69, 9.17) is 4.74 Å². The fourth-order valence-electron chi connectivity index (χ4n) is 2.53. The van der Waals surface area contributed by atoms with Gasteiger partial charge in [-0.15, -0.1) is 0 Å². The molecule has 0 aliphatic carbocycles. The summed E-state index contributed by atoms with van der Waals surface area (Å²) < 4.78 is 6.41. The van der Waals surface area contributed by atoms with Crippen molar-refractivity contribution in [2.24, 2.45) is 0 Å². The standard InChI is InChI=1S/C18H17BrN2O/c1-12-10-16(14-7-5-8-15(19)18(14)21-12)20-11-13-6-3-4-9-17(13)22-2/h3-10H,11H2,1-2H3,(H,20,21). The van der Waals surface area contributed by atoms with Gasteiger partial charge in [0.2, 0.25) is 0 Å². The number of benzene rings is 2. The zero-order valence-corrected chi connectivity index (χ0v) is 14.1. The third-order valence-corrected chi connectivity index (χ3v) is 4.22. The van der Waals surface area contributed by atoms with Gasteiger partial charge >= 0.3 is 0 Å². The van der Waals surface area contributed by atoms with Gasteiger partial charge in [-0.1, -0.05) is 30.3 Å². The summed E-state index contributed by atoms with van der Waals surface area (Å²) in [6, 6.07) is 16.2. The van der Waals surface area contributed by atoms with Crippen LogP contribution in [0, 0.1) is 6.92 Å². The van der Waals surface area contributed by atoms with Crippen LogP contribution in [0.3, 0.4) is 0 Å². The predicted molar refractivity (Wildman–Crippen MR) is 94.5 cm³/mol. The molecule has 1 aromatic heterocycles. The van der Waals surface area contributed by atoms with Gasteiger partial charge in [-0.25, -0.2) is 0 Å². The van der Waals surface area contributed by atoms with Gasteiger partial charge in [-0.2, -0.15) is 0 Å². The second kappa shape index (κ2) is 6.36. The summed E-state index contributed by atoms with van der Waals surface area (Å²) in [4.78, 5) is 4.61. The molecule has 0 atom stereocenters. The second-order valence-corrected chi connectivity index (χ2v) is 5.97. The average Bonchev–Trinajstić information content (AvgIpc) is 2.54. The molecule has 0 saturated heterocycles. The first-order chi connectivity index (χ1) is 10.7. The number of pyridine rings is 1. The molecule has 0 aliphatic rings. The van der Waals surface area contributed by atoms with Crippen LogP contribution in [0.25, 0.3) is 10.9 Å². The van der Waals surface area contributed by atoms with E-state index in [1.807, 2.05) is 37.3 Å². The zero-order chi connectivity index (χ0) is 15.5. The molecule has 0 aliphatic heterocycles. The van der Waals surface area contributed by atoms with Gasteiger partial charge in [0.05, 0.1) is 12.6 Å². The molecule has 0 amide bonds. The highest BCUT2D eigenvalue weighted by Crippen LogP contribution is 2.29. The van der Waals surface area contributed by atoms with Crippen molar-refractivity contribution in [2.75, 3.05) is 12.4 Å². The first-order valence-electron chi connectivity index (χ1n) is 7.10. The highest BCUT2D eigenvalue weighted by molar-refractivity contribution is 9.10. The Hall–Kier alpha value is -2.07. The largest absolute Gasteiger partial charge is 0.496 e. The fourth-order valence-corrected chi connectivity index (χ4v) is 2.98. The molecule has 0 fully saturated rings. The van der Waals surface area contributed by atoms with Crippen LogP contribution in [0.4, 0.5) is 5.69 Å². The van der Waals surface area contributed by atoms with Gasteiger partial charge in [-0.05, 0) is 41.1 Å². The molecular weight excluding hydrogens is 340 g/mol. The van der Waals surface area contributed by atoms with Crippen molar-refractivity contribution in [3.05, 3.63) is 64.3 Å². The molecule has 3 rings (SSSR count). The third-order valence-electron chi connectivity index (χ3n) is 3.58. The maximum Gasteiger partial charge on any atom is 0.123 e. The van der Waals surface area contributed by atoms with E-state index in [1.54, 1.807) is 7.11 Å². The minimum absolute atomic E-state index is 0.703. The first kappa shape index (κ1) is 14.9. The summed E-state index contributed by atoms with van der Waals surface area (Å²) in [6.45, 7) is 2.71. The topological polar surface area (TPSA) is 34.1 Å². The van der Waals surface area contributed by atoms with E-state index >= 15 is 0 Å². The van der Waals surface area contributed by atoms with Gasteiger partial charge in [0, 0.05) is 33.3 Å². The number of para-hydroxylation sites is 2. The monoisotopic (exact) mass is 356 g/mol. The van der Waals surface area contributed by atoms with Crippen molar-refractivity contribution in [1.29, 1.82) is 0 Å². The minimum atomic E-state index is 0.703. The van der Waals surface area contributed by atoms with E-state index in [1.165, 1.54) is 0 Å². The zero-order valence-electron chi connectivity index (χ0n) is 12.6. The van der Waals surface area contributed by atoms with Gasteiger partial charge in [0.25, 0.3) is 0 Å². The second-order valence-electron chi connectivity index (χ2n) is 5.11. The molecule has 0 bridgehead atoms. The Bertz CT molecular complexity index is 817. The van der Waals surface area contributed by atoms with Crippen molar-refractivity contribution in [3.63, 3.8) is 0 Å². The van der Waals surface area contributed by atoms with E-state index < -0.39 is 0 Å². The van der Waals surface area contributed by atoms with Gasteiger partial charge < -0.3 is 10.1 Å². The number of aromatic nitrogens is 1. The normalized spacial score (nSPS) is 10.7. The lowest BCUT2D eigenvalue weighted by Gasteiger charge is -2.13. The van der Waals surface area contributed by atoms with Crippen molar-refractivity contribution in [1.82, 2.24) is 4.98 Å². The molecule has 22 heavy (non-hydrogen) atoms. The van der Waals surface area contributed by atoms with Crippen molar-refractivity contribution < 1.29 is 4.74 Å². The Morgan fingerprint density at radius 2 is 1.95 bits per heavy atom. The van der Waals surface area contributed by atoms with Crippen LogP contribution in [0.2, 0.25) is 0 Å². The van der Waals surface area contributed by atoms with E-state index in [-0.39, 0.29) is 0 Å². The molecule has 4 heteroatoms. The lowest BCUT2D eigenvalue weighted by Crippen LogP contribution is -2.03. The summed E-state index contributed by atoms with van der Waals surface area (Å²) >= 11 is 3.57. The van der Waals surface area contributed by atoms with Crippen LogP contribution in [-0.4, -0.2) is 12.1 Å². The number of hydrogen-bond acceptors (Lipinski definition) is 3. The predicted octanol–water partition coefficient (Wildman–Crippen LogP) is 4.93. The summed E-state index contributed by atoms with van der Waals surface area (Å²) in [7, 11) is 1.70. The van der Waals surface area contributed by atoms with Crippen molar-refractivity contribution in [2.45, 2.75) is 13.5 Å². The van der Waals surface area contributed by atoms with Crippen LogP contribution < -0.4 is 10.1 Å². The van der Waals surface area contributed by atoms with E-state index in [2.05, 4.69) is 44.4 Å². The van der Waals surface area contributed by atoms with Crippen LogP contribution in [0.15, 0.2) is 53.0 Å². The molecule has 0 unspecified atom stereocenters. The number of halogens is 1. The molecule has 2 aromatic carbocycles. The highest BCUT2D eigenvalue weighted by Gasteiger charge is 2.08. The van der Waals surface area contributed by atoms with Crippen LogP contribution >= 0.6 is 15.9 Å². The molecule has 1 N–H and O–H groups in total. The number of anilines is 1. The summed E-state index contributed by atoms with van der Waals surface area (Å²) in [6.07, 6.45) is 0. The number of ether oxygens (including phenoxy) is 1. The number of nitrogens with zero attached hydrogens (tertiary/aromatic N) is 1. The Balaban J connectivity index is 1.96. The molecule has 3 nitrogen and oxygen atoms in total. The number of fused-ring (bicyclic) bond motifs is 1. The molecule has 0 radical (unpaired) electrons. The van der Waals surface area contributed by atoms with Crippen molar-refractivity contribution >= 4 is 32.5 Å². The Morgan fingerprint density at radius 3 is 2.77 bits per heavy atom. The number of nitrogens with one attached hydrogen (secondary N) is 1. The SMILES string of the molecule is COc1ccccc1CNc1cc(C)nc2c(Br)cccc12. The Labute approximate surface area is 138 Å². The first-order valence-corrected chi connectivity index (χ1v) is 7.90. The average molecular weight is 357 g/mol. The number of rotatable bonds is 4. The van der Waals surface area contributed by atoms with E-state index in [0.717, 1.165) is 38.1 Å². The summed E-state index contributed by atoms with van der Waals surface area (Å²) in [5.41, 5.74) is 4.17. The third kappa shape index (κ3) is 2.92. The van der Waals surface area contributed by atoms with Gasteiger partial charge in [0.1, 0.15) is 5.75 Å². The molecule has 0 saturated carbocycles. The van der Waals surface area contributed by atoms with E-state index in [0.29, 0.717) is 6.54 Å². The highest BCUT2D eigenvalue weighted by atomic mass is 79.9. The Kier molecular flexibility index (Phi) is 4.29. The molecular formula is C18H17BrN2O. The van der Waals surface area contributed by atoms with Crippen LogP contribution in [0.1, 0.15) is 11.3 Å². The van der Waals surface area contributed by atoms with Crippen LogP contribution in [0.5, 0.6) is 5.75 Å². The van der Waals surface area contributed by atoms with E-state index in [9.17, 15) is 0 Å². The Morgan fingerprint density at radius 1 is 1.14 bits per heavy atom. The molecule has 3 aromatic rings. The molecule has 0 spiro atoms. The molecule has 1 heterocycles. The summed E-state index contributed by atoms with van der Waals surface area (Å²) in [5, 5.41) is 4.61. The maximum atomic E-state index is 5.40. The summed E-state index contributed by atoms with van der Waals surface area (Å²) in [5.74, 6) is 0.895. The van der Waals surface area contributed by atoms with Crippen LogP contribution in [-0.2, 0) is 6.54 Å². The quantitative estimate of drug-likeness (QED) is 0.719. The number of methoxy groups -OCH3 is 1. The fraction of sp³-hybridized carbons (Fsp3) is 0.167. The minimum Gasteiger partial charge on any atom is -0.496 e. The van der Waals surface area contributed by atoms with Gasteiger partial charge in [0.15, 0.2) is 0 Å². The number of aryl methyl sites for hydroxylation is 1. The number of hydrogen-bond donors (Lipinski definition) is 1. The lowest BCUT2D eigenvalue weighted by atomic mass is 10.1. The lowest BCUT2D eigenvalue weighted by molar-refractivity contribution is 0.410.